The second-order valence-corrected chi connectivity index (χ2v) is 6.60. The molecule has 1 N–H and O–H groups in total. The van der Waals surface area contributed by atoms with Gasteiger partial charge in [0.15, 0.2) is 0 Å². The first-order chi connectivity index (χ1) is 8.24. The van der Waals surface area contributed by atoms with Gasteiger partial charge in [-0.3, -0.25) is 0 Å². The zero-order chi connectivity index (χ0) is 11.8. The van der Waals surface area contributed by atoms with E-state index in [-0.39, 0.29) is 0 Å². The SMILES string of the molecule is C[C@@H](NC1CC2CCC(C1)N2C)c1cccs1. The Balaban J connectivity index is 1.60. The Bertz CT molecular complexity index is 348. The molecule has 94 valence electrons. The van der Waals surface area contributed by atoms with Gasteiger partial charge < -0.3 is 10.2 Å². The minimum Gasteiger partial charge on any atom is -0.307 e. The zero-order valence-electron chi connectivity index (χ0n) is 10.7. The van der Waals surface area contributed by atoms with Crippen molar-refractivity contribution in [2.24, 2.45) is 0 Å². The van der Waals surface area contributed by atoms with Gasteiger partial charge in [-0.2, -0.15) is 0 Å². The fourth-order valence-corrected chi connectivity index (χ4v) is 4.26. The Morgan fingerprint density at radius 1 is 1.35 bits per heavy atom. The molecule has 2 saturated heterocycles. The lowest BCUT2D eigenvalue weighted by Gasteiger charge is -2.37. The van der Waals surface area contributed by atoms with Crippen molar-refractivity contribution in [1.29, 1.82) is 0 Å². The molecule has 0 amide bonds. The summed E-state index contributed by atoms with van der Waals surface area (Å²) >= 11 is 1.86. The highest BCUT2D eigenvalue weighted by Crippen LogP contribution is 2.35. The van der Waals surface area contributed by atoms with Crippen molar-refractivity contribution < 1.29 is 0 Å². The number of nitrogens with zero attached hydrogens (tertiary/aromatic N) is 1. The summed E-state index contributed by atoms with van der Waals surface area (Å²) in [7, 11) is 2.31. The van der Waals surface area contributed by atoms with Crippen molar-refractivity contribution in [1.82, 2.24) is 10.2 Å². The summed E-state index contributed by atoms with van der Waals surface area (Å²) in [4.78, 5) is 4.07. The molecule has 3 heteroatoms. The monoisotopic (exact) mass is 250 g/mol. The summed E-state index contributed by atoms with van der Waals surface area (Å²) in [6.07, 6.45) is 5.49. The van der Waals surface area contributed by atoms with Gasteiger partial charge in [0, 0.05) is 29.0 Å². The lowest BCUT2D eigenvalue weighted by Crippen LogP contribution is -2.47. The second kappa shape index (κ2) is 4.71. The van der Waals surface area contributed by atoms with E-state index in [0.717, 1.165) is 18.1 Å². The maximum atomic E-state index is 3.83. The molecule has 0 aliphatic carbocycles. The van der Waals surface area contributed by atoms with Crippen LogP contribution in [0.4, 0.5) is 0 Å². The summed E-state index contributed by atoms with van der Waals surface area (Å²) in [6, 6.07) is 7.30. The third-order valence-electron chi connectivity index (χ3n) is 4.55. The molecule has 2 fully saturated rings. The second-order valence-electron chi connectivity index (χ2n) is 5.62. The van der Waals surface area contributed by atoms with Crippen LogP contribution in [0.3, 0.4) is 0 Å². The van der Waals surface area contributed by atoms with E-state index in [4.69, 9.17) is 0 Å². The van der Waals surface area contributed by atoms with E-state index in [1.807, 2.05) is 11.3 Å². The molecule has 2 aliphatic heterocycles. The maximum Gasteiger partial charge on any atom is 0.0388 e. The highest BCUT2D eigenvalue weighted by Gasteiger charge is 2.38. The topological polar surface area (TPSA) is 15.3 Å². The molecule has 1 aromatic rings. The molecule has 2 nitrogen and oxygen atoms in total. The lowest BCUT2D eigenvalue weighted by atomic mass is 9.97. The highest BCUT2D eigenvalue weighted by molar-refractivity contribution is 7.10. The predicted octanol–water partition coefficient (Wildman–Crippen LogP) is 3.02. The normalized spacial score (nSPS) is 35.1. The molecule has 1 aromatic heterocycles. The average Bonchev–Trinajstić information content (AvgIpc) is 2.88. The number of hydrogen-bond donors (Lipinski definition) is 1. The van der Waals surface area contributed by atoms with E-state index < -0.39 is 0 Å². The summed E-state index contributed by atoms with van der Waals surface area (Å²) in [5.74, 6) is 0. The Labute approximate surface area is 108 Å². The van der Waals surface area contributed by atoms with Gasteiger partial charge in [-0.15, -0.1) is 11.3 Å². The Morgan fingerprint density at radius 3 is 2.65 bits per heavy atom. The van der Waals surface area contributed by atoms with E-state index in [9.17, 15) is 0 Å². The number of thiophene rings is 1. The third kappa shape index (κ3) is 2.28. The Morgan fingerprint density at radius 2 is 2.06 bits per heavy atom. The van der Waals surface area contributed by atoms with Gasteiger partial charge >= 0.3 is 0 Å². The fourth-order valence-electron chi connectivity index (χ4n) is 3.52. The first-order valence-corrected chi connectivity index (χ1v) is 7.63. The number of fused-ring (bicyclic) bond motifs is 2. The van der Waals surface area contributed by atoms with Crippen LogP contribution in [0.2, 0.25) is 0 Å². The molecule has 17 heavy (non-hydrogen) atoms. The van der Waals surface area contributed by atoms with E-state index >= 15 is 0 Å². The summed E-state index contributed by atoms with van der Waals surface area (Å²) < 4.78 is 0. The summed E-state index contributed by atoms with van der Waals surface area (Å²) in [5, 5.41) is 6.00. The predicted molar refractivity (Wildman–Crippen MR) is 73.5 cm³/mol. The average molecular weight is 250 g/mol. The van der Waals surface area contributed by atoms with Crippen LogP contribution in [-0.4, -0.2) is 30.1 Å². The van der Waals surface area contributed by atoms with Crippen LogP contribution in [0.15, 0.2) is 17.5 Å². The van der Waals surface area contributed by atoms with Crippen molar-refractivity contribution in [3.05, 3.63) is 22.4 Å². The molecule has 2 bridgehead atoms. The minimum atomic E-state index is 0.516. The smallest absolute Gasteiger partial charge is 0.0388 e. The van der Waals surface area contributed by atoms with Gasteiger partial charge in [-0.25, -0.2) is 0 Å². The first kappa shape index (κ1) is 11.7. The van der Waals surface area contributed by atoms with E-state index in [2.05, 4.69) is 41.7 Å². The number of nitrogens with one attached hydrogen (secondary N) is 1. The van der Waals surface area contributed by atoms with Crippen molar-refractivity contribution in [2.75, 3.05) is 7.05 Å². The molecule has 0 spiro atoms. The van der Waals surface area contributed by atoms with Crippen LogP contribution in [0.25, 0.3) is 0 Å². The number of hydrogen-bond acceptors (Lipinski definition) is 3. The van der Waals surface area contributed by atoms with Crippen LogP contribution in [0.5, 0.6) is 0 Å². The standard InChI is InChI=1S/C14H22N2S/c1-10(14-4-3-7-17-14)15-11-8-12-5-6-13(9-11)16(12)2/h3-4,7,10-13,15H,5-6,8-9H2,1-2H3/t10-,11?,12?,13?/m1/s1. The van der Waals surface area contributed by atoms with Gasteiger partial charge in [0.1, 0.15) is 0 Å². The molecular weight excluding hydrogens is 228 g/mol. The van der Waals surface area contributed by atoms with Crippen molar-refractivity contribution in [3.8, 4) is 0 Å². The van der Waals surface area contributed by atoms with Crippen LogP contribution in [0.1, 0.15) is 43.5 Å². The fraction of sp³-hybridized carbons (Fsp3) is 0.714. The van der Waals surface area contributed by atoms with Crippen LogP contribution in [0, 0.1) is 0 Å². The van der Waals surface area contributed by atoms with E-state index in [0.29, 0.717) is 6.04 Å². The molecule has 3 atom stereocenters. The Hall–Kier alpha value is -0.380. The molecule has 0 saturated carbocycles. The van der Waals surface area contributed by atoms with Crippen LogP contribution in [-0.2, 0) is 0 Å². The van der Waals surface area contributed by atoms with Gasteiger partial charge in [-0.05, 0) is 51.1 Å². The van der Waals surface area contributed by atoms with Crippen molar-refractivity contribution in [2.45, 2.75) is 56.8 Å². The van der Waals surface area contributed by atoms with E-state index in [1.165, 1.54) is 30.6 Å². The number of rotatable bonds is 3. The maximum absolute atomic E-state index is 3.83. The highest BCUT2D eigenvalue weighted by atomic mass is 32.1. The first-order valence-electron chi connectivity index (χ1n) is 6.75. The van der Waals surface area contributed by atoms with Crippen LogP contribution < -0.4 is 5.32 Å². The zero-order valence-corrected chi connectivity index (χ0v) is 11.5. The van der Waals surface area contributed by atoms with Gasteiger partial charge in [0.2, 0.25) is 0 Å². The summed E-state index contributed by atoms with van der Waals surface area (Å²) in [5.41, 5.74) is 0. The lowest BCUT2D eigenvalue weighted by molar-refractivity contribution is 0.144. The van der Waals surface area contributed by atoms with Crippen LogP contribution >= 0.6 is 11.3 Å². The quantitative estimate of drug-likeness (QED) is 0.887. The summed E-state index contributed by atoms with van der Waals surface area (Å²) in [6.45, 7) is 2.30. The largest absolute Gasteiger partial charge is 0.307 e. The van der Waals surface area contributed by atoms with Gasteiger partial charge in [-0.1, -0.05) is 6.07 Å². The van der Waals surface area contributed by atoms with Crippen molar-refractivity contribution in [3.63, 3.8) is 0 Å². The minimum absolute atomic E-state index is 0.516. The molecule has 0 aromatic carbocycles. The van der Waals surface area contributed by atoms with Crippen molar-refractivity contribution >= 4 is 11.3 Å². The van der Waals surface area contributed by atoms with Gasteiger partial charge in [0.25, 0.3) is 0 Å². The molecule has 2 aliphatic rings. The van der Waals surface area contributed by atoms with E-state index in [1.54, 1.807) is 0 Å². The molecule has 0 radical (unpaired) electrons. The van der Waals surface area contributed by atoms with Gasteiger partial charge in [0.05, 0.1) is 0 Å². The third-order valence-corrected chi connectivity index (χ3v) is 5.61. The number of piperidine rings is 1. The Kier molecular flexibility index (Phi) is 3.24. The molecule has 2 unspecified atom stereocenters. The molecule has 3 rings (SSSR count). The molecule has 3 heterocycles. The molecular formula is C14H22N2S.